The van der Waals surface area contributed by atoms with E-state index in [4.69, 9.17) is 0 Å². The molecule has 10 heavy (non-hydrogen) atoms. The second-order valence-electron chi connectivity index (χ2n) is 3.24. The van der Waals surface area contributed by atoms with Gasteiger partial charge in [0, 0.05) is 25.2 Å². The first-order valence-corrected chi connectivity index (χ1v) is 3.77. The molecule has 0 unspecified atom stereocenters. The molecule has 0 aromatic heterocycles. The SMILES string of the molecule is C[C@H]1CN(O)C[C@H](C)N1C. The van der Waals surface area contributed by atoms with Crippen LogP contribution in [0.25, 0.3) is 0 Å². The van der Waals surface area contributed by atoms with Gasteiger partial charge < -0.3 is 5.21 Å². The van der Waals surface area contributed by atoms with Gasteiger partial charge in [0.25, 0.3) is 0 Å². The minimum Gasteiger partial charge on any atom is -0.314 e. The van der Waals surface area contributed by atoms with Gasteiger partial charge in [0.15, 0.2) is 0 Å². The van der Waals surface area contributed by atoms with Gasteiger partial charge in [-0.1, -0.05) is 0 Å². The standard InChI is InChI=1S/C7H16N2O/c1-6-4-9(10)5-7(2)8(6)3/h6-7,10H,4-5H2,1-3H3/t6-,7-/m0/s1. The molecule has 1 rings (SSSR count). The Morgan fingerprint density at radius 3 is 2.00 bits per heavy atom. The molecule has 0 radical (unpaired) electrons. The monoisotopic (exact) mass is 144 g/mol. The molecule has 0 aromatic carbocycles. The number of likely N-dealkylation sites (N-methyl/N-ethyl adjacent to an activating group) is 1. The van der Waals surface area contributed by atoms with Crippen LogP contribution in [0.5, 0.6) is 0 Å². The molecule has 2 atom stereocenters. The van der Waals surface area contributed by atoms with Crippen LogP contribution >= 0.6 is 0 Å². The summed E-state index contributed by atoms with van der Waals surface area (Å²) < 4.78 is 0. The fraction of sp³-hybridized carbons (Fsp3) is 1.00. The Morgan fingerprint density at radius 2 is 1.60 bits per heavy atom. The van der Waals surface area contributed by atoms with Crippen LogP contribution in [-0.4, -0.2) is 47.4 Å². The third-order valence-corrected chi connectivity index (χ3v) is 2.34. The quantitative estimate of drug-likeness (QED) is 0.533. The van der Waals surface area contributed by atoms with Crippen LogP contribution < -0.4 is 0 Å². The lowest BCUT2D eigenvalue weighted by molar-refractivity contribution is -0.142. The van der Waals surface area contributed by atoms with Crippen molar-refractivity contribution in [3.63, 3.8) is 0 Å². The highest BCUT2D eigenvalue weighted by molar-refractivity contribution is 4.78. The van der Waals surface area contributed by atoms with Crippen molar-refractivity contribution < 1.29 is 5.21 Å². The number of nitrogens with zero attached hydrogens (tertiary/aromatic N) is 2. The summed E-state index contributed by atoms with van der Waals surface area (Å²) in [6.45, 7) is 5.78. The number of piperazine rings is 1. The summed E-state index contributed by atoms with van der Waals surface area (Å²) in [6, 6.07) is 0.933. The number of rotatable bonds is 0. The van der Waals surface area contributed by atoms with Crippen molar-refractivity contribution in [3.05, 3.63) is 0 Å². The van der Waals surface area contributed by atoms with E-state index in [1.165, 1.54) is 5.06 Å². The smallest absolute Gasteiger partial charge is 0.0392 e. The summed E-state index contributed by atoms with van der Waals surface area (Å²) >= 11 is 0. The molecule has 1 N–H and O–H groups in total. The predicted octanol–water partition coefficient (Wildman–Crippen LogP) is 0.400. The molecule has 0 amide bonds. The highest BCUT2D eigenvalue weighted by Crippen LogP contribution is 2.10. The third kappa shape index (κ3) is 1.48. The van der Waals surface area contributed by atoms with E-state index in [1.54, 1.807) is 0 Å². The van der Waals surface area contributed by atoms with Gasteiger partial charge in [-0.3, -0.25) is 4.90 Å². The second kappa shape index (κ2) is 2.86. The Morgan fingerprint density at radius 1 is 1.20 bits per heavy atom. The summed E-state index contributed by atoms with van der Waals surface area (Å²) in [6.07, 6.45) is 0. The lowest BCUT2D eigenvalue weighted by Crippen LogP contribution is -2.53. The number of hydrogen-bond donors (Lipinski definition) is 1. The van der Waals surface area contributed by atoms with E-state index in [0.29, 0.717) is 12.1 Å². The van der Waals surface area contributed by atoms with Crippen molar-refractivity contribution in [2.45, 2.75) is 25.9 Å². The molecular weight excluding hydrogens is 128 g/mol. The normalized spacial score (nSPS) is 38.4. The van der Waals surface area contributed by atoms with Gasteiger partial charge in [-0.2, -0.15) is 5.06 Å². The summed E-state index contributed by atoms with van der Waals surface area (Å²) in [4.78, 5) is 2.28. The van der Waals surface area contributed by atoms with Crippen LogP contribution in [0.3, 0.4) is 0 Å². The fourth-order valence-electron chi connectivity index (χ4n) is 1.38. The van der Waals surface area contributed by atoms with Crippen molar-refractivity contribution in [3.8, 4) is 0 Å². The predicted molar refractivity (Wildman–Crippen MR) is 40.0 cm³/mol. The topological polar surface area (TPSA) is 26.7 Å². The number of hydroxylamine groups is 2. The van der Waals surface area contributed by atoms with Crippen LogP contribution in [0.2, 0.25) is 0 Å². The molecule has 0 spiro atoms. The molecule has 1 aliphatic heterocycles. The Balaban J connectivity index is 2.49. The molecule has 0 bridgehead atoms. The van der Waals surface area contributed by atoms with Gasteiger partial charge in [0.1, 0.15) is 0 Å². The highest BCUT2D eigenvalue weighted by atomic mass is 16.5. The van der Waals surface area contributed by atoms with Crippen LogP contribution in [0.1, 0.15) is 13.8 Å². The Hall–Kier alpha value is -0.120. The molecule has 0 saturated carbocycles. The zero-order valence-electron chi connectivity index (χ0n) is 6.91. The molecule has 1 aliphatic rings. The molecule has 1 saturated heterocycles. The van der Waals surface area contributed by atoms with E-state index in [-0.39, 0.29) is 0 Å². The Labute approximate surface area is 62.2 Å². The van der Waals surface area contributed by atoms with Crippen LogP contribution in [0, 0.1) is 0 Å². The van der Waals surface area contributed by atoms with E-state index >= 15 is 0 Å². The summed E-state index contributed by atoms with van der Waals surface area (Å²) in [7, 11) is 2.10. The van der Waals surface area contributed by atoms with Crippen molar-refractivity contribution in [1.29, 1.82) is 0 Å². The molecule has 1 heterocycles. The van der Waals surface area contributed by atoms with Gasteiger partial charge in [0.05, 0.1) is 0 Å². The maximum absolute atomic E-state index is 9.17. The average molecular weight is 144 g/mol. The minimum atomic E-state index is 0.466. The van der Waals surface area contributed by atoms with Gasteiger partial charge in [-0.25, -0.2) is 0 Å². The molecule has 60 valence electrons. The summed E-state index contributed by atoms with van der Waals surface area (Å²) in [5.41, 5.74) is 0. The van der Waals surface area contributed by atoms with Gasteiger partial charge >= 0.3 is 0 Å². The zero-order chi connectivity index (χ0) is 7.72. The summed E-state index contributed by atoms with van der Waals surface area (Å²) in [5, 5.41) is 10.6. The first-order chi connectivity index (χ1) is 4.61. The molecule has 0 aromatic rings. The highest BCUT2D eigenvalue weighted by Gasteiger charge is 2.24. The first kappa shape index (κ1) is 7.98. The third-order valence-electron chi connectivity index (χ3n) is 2.34. The van der Waals surface area contributed by atoms with Crippen molar-refractivity contribution in [1.82, 2.24) is 9.96 Å². The van der Waals surface area contributed by atoms with E-state index in [1.807, 2.05) is 0 Å². The molecule has 3 heteroatoms. The van der Waals surface area contributed by atoms with Crippen LogP contribution in [-0.2, 0) is 0 Å². The summed E-state index contributed by atoms with van der Waals surface area (Å²) in [5.74, 6) is 0. The van der Waals surface area contributed by atoms with Crippen molar-refractivity contribution in [2.24, 2.45) is 0 Å². The average Bonchev–Trinajstić information content (AvgIpc) is 1.82. The van der Waals surface area contributed by atoms with E-state index in [0.717, 1.165) is 13.1 Å². The maximum Gasteiger partial charge on any atom is 0.0392 e. The second-order valence-corrected chi connectivity index (χ2v) is 3.24. The molecule has 0 aliphatic carbocycles. The van der Waals surface area contributed by atoms with Gasteiger partial charge in [-0.15, -0.1) is 0 Å². The lowest BCUT2D eigenvalue weighted by atomic mass is 10.1. The molecular formula is C7H16N2O. The zero-order valence-corrected chi connectivity index (χ0v) is 6.91. The first-order valence-electron chi connectivity index (χ1n) is 3.77. The molecule has 3 nitrogen and oxygen atoms in total. The van der Waals surface area contributed by atoms with Crippen molar-refractivity contribution in [2.75, 3.05) is 20.1 Å². The van der Waals surface area contributed by atoms with E-state index in [9.17, 15) is 5.21 Å². The Bertz CT molecular complexity index is 106. The van der Waals surface area contributed by atoms with Crippen LogP contribution in [0.4, 0.5) is 0 Å². The Kier molecular flexibility index (Phi) is 2.28. The van der Waals surface area contributed by atoms with Gasteiger partial charge in [0.2, 0.25) is 0 Å². The molecule has 1 fully saturated rings. The van der Waals surface area contributed by atoms with Crippen molar-refractivity contribution >= 4 is 0 Å². The maximum atomic E-state index is 9.17. The van der Waals surface area contributed by atoms with E-state index < -0.39 is 0 Å². The lowest BCUT2D eigenvalue weighted by Gasteiger charge is -2.39. The number of hydrogen-bond acceptors (Lipinski definition) is 3. The fourth-order valence-corrected chi connectivity index (χ4v) is 1.38. The minimum absolute atomic E-state index is 0.466. The van der Waals surface area contributed by atoms with Crippen LogP contribution in [0.15, 0.2) is 0 Å². The van der Waals surface area contributed by atoms with Gasteiger partial charge in [-0.05, 0) is 20.9 Å². The largest absolute Gasteiger partial charge is 0.314 e. The van der Waals surface area contributed by atoms with E-state index in [2.05, 4.69) is 25.8 Å².